The van der Waals surface area contributed by atoms with Crippen molar-refractivity contribution >= 4 is 36.6 Å². The number of carbonyl (C=O) groups is 2. The van der Waals surface area contributed by atoms with Gasteiger partial charge in [-0.1, -0.05) is 0 Å². The molecule has 1 saturated heterocycles. The molecule has 1 aromatic rings. The van der Waals surface area contributed by atoms with Gasteiger partial charge in [-0.05, 0) is 26.0 Å². The first kappa shape index (κ1) is 20.7. The van der Waals surface area contributed by atoms with E-state index in [1.165, 1.54) is 4.90 Å². The maximum Gasteiger partial charge on any atom is 0.247 e. The summed E-state index contributed by atoms with van der Waals surface area (Å²) in [5, 5.41) is 10.1. The number of nitrogens with one attached hydrogen (secondary N) is 2. The van der Waals surface area contributed by atoms with Gasteiger partial charge in [0.25, 0.3) is 0 Å². The van der Waals surface area contributed by atoms with Crippen molar-refractivity contribution in [3.63, 3.8) is 0 Å². The summed E-state index contributed by atoms with van der Waals surface area (Å²) in [6.45, 7) is 3.56. The minimum atomic E-state index is -0.407. The zero-order valence-corrected chi connectivity index (χ0v) is 14.3. The molecule has 0 spiro atoms. The van der Waals surface area contributed by atoms with Crippen molar-refractivity contribution in [1.29, 1.82) is 0 Å². The van der Waals surface area contributed by atoms with Crippen LogP contribution < -0.4 is 10.6 Å². The Labute approximate surface area is 142 Å². The second-order valence-corrected chi connectivity index (χ2v) is 5.11. The molecular weight excluding hydrogens is 329 g/mol. The SMILES string of the molecule is CC(C(=O)N(C)CC(=O)NC1CCNC1)n1cccn1.Cl.Cl. The van der Waals surface area contributed by atoms with Crippen molar-refractivity contribution in [1.82, 2.24) is 25.3 Å². The Morgan fingerprint density at radius 2 is 2.23 bits per heavy atom. The third-order valence-electron chi connectivity index (χ3n) is 3.46. The molecule has 7 nitrogen and oxygen atoms in total. The molecule has 2 rings (SSSR count). The average Bonchev–Trinajstić information content (AvgIpc) is 3.09. The zero-order chi connectivity index (χ0) is 14.5. The van der Waals surface area contributed by atoms with Crippen molar-refractivity contribution in [3.8, 4) is 0 Å². The summed E-state index contributed by atoms with van der Waals surface area (Å²) in [6, 6.07) is 1.54. The summed E-state index contributed by atoms with van der Waals surface area (Å²) in [5.41, 5.74) is 0. The zero-order valence-electron chi connectivity index (χ0n) is 12.7. The molecule has 126 valence electrons. The lowest BCUT2D eigenvalue weighted by atomic mass is 10.2. The normalized spacial score (nSPS) is 17.8. The molecule has 22 heavy (non-hydrogen) atoms. The number of rotatable bonds is 5. The molecular formula is C13H23Cl2N5O2. The van der Waals surface area contributed by atoms with Crippen LogP contribution in [-0.2, 0) is 9.59 Å². The Morgan fingerprint density at radius 3 is 2.77 bits per heavy atom. The van der Waals surface area contributed by atoms with Crippen LogP contribution in [0.3, 0.4) is 0 Å². The van der Waals surface area contributed by atoms with Gasteiger partial charge in [-0.2, -0.15) is 5.10 Å². The summed E-state index contributed by atoms with van der Waals surface area (Å²) < 4.78 is 1.58. The predicted octanol–water partition coefficient (Wildman–Crippen LogP) is 0.224. The number of aromatic nitrogens is 2. The highest BCUT2D eigenvalue weighted by Crippen LogP contribution is 2.07. The largest absolute Gasteiger partial charge is 0.351 e. The van der Waals surface area contributed by atoms with Crippen LogP contribution >= 0.6 is 24.8 Å². The van der Waals surface area contributed by atoms with E-state index in [0.29, 0.717) is 0 Å². The van der Waals surface area contributed by atoms with Gasteiger partial charge >= 0.3 is 0 Å². The van der Waals surface area contributed by atoms with Gasteiger partial charge in [-0.15, -0.1) is 24.8 Å². The number of halogens is 2. The molecule has 1 aliphatic rings. The van der Waals surface area contributed by atoms with Crippen LogP contribution in [0.2, 0.25) is 0 Å². The van der Waals surface area contributed by atoms with Crippen LogP contribution in [0, 0.1) is 0 Å². The molecule has 1 fully saturated rings. The highest BCUT2D eigenvalue weighted by molar-refractivity contribution is 5.86. The van der Waals surface area contributed by atoms with Crippen LogP contribution in [0.15, 0.2) is 18.5 Å². The lowest BCUT2D eigenvalue weighted by molar-refractivity contribution is -0.137. The Kier molecular flexibility index (Phi) is 9.08. The Hall–Kier alpha value is -1.31. The third kappa shape index (κ3) is 5.47. The van der Waals surface area contributed by atoms with Crippen LogP contribution in [0.1, 0.15) is 19.4 Å². The fourth-order valence-corrected chi connectivity index (χ4v) is 2.29. The van der Waals surface area contributed by atoms with E-state index in [2.05, 4.69) is 15.7 Å². The highest BCUT2D eigenvalue weighted by atomic mass is 35.5. The molecule has 0 aliphatic carbocycles. The average molecular weight is 352 g/mol. The summed E-state index contributed by atoms with van der Waals surface area (Å²) in [7, 11) is 1.63. The Bertz CT molecular complexity index is 463. The van der Waals surface area contributed by atoms with Crippen molar-refractivity contribution in [2.45, 2.75) is 25.4 Å². The van der Waals surface area contributed by atoms with E-state index in [-0.39, 0.29) is 49.2 Å². The van der Waals surface area contributed by atoms with Crippen molar-refractivity contribution in [2.24, 2.45) is 0 Å². The molecule has 1 aromatic heterocycles. The molecule has 0 aromatic carbocycles. The van der Waals surface area contributed by atoms with Crippen LogP contribution in [-0.4, -0.2) is 59.2 Å². The molecule has 0 radical (unpaired) electrons. The Balaban J connectivity index is 0.00000220. The number of carbonyl (C=O) groups excluding carboxylic acids is 2. The molecule has 2 N–H and O–H groups in total. The van der Waals surface area contributed by atoms with Crippen molar-refractivity contribution < 1.29 is 9.59 Å². The molecule has 9 heteroatoms. The van der Waals surface area contributed by atoms with E-state index < -0.39 is 6.04 Å². The lowest BCUT2D eigenvalue weighted by Gasteiger charge is -2.22. The van der Waals surface area contributed by atoms with Crippen LogP contribution in [0.5, 0.6) is 0 Å². The number of hydrogen-bond acceptors (Lipinski definition) is 4. The van der Waals surface area contributed by atoms with Gasteiger partial charge in [-0.25, -0.2) is 0 Å². The quantitative estimate of drug-likeness (QED) is 0.795. The van der Waals surface area contributed by atoms with Gasteiger partial charge in [0.1, 0.15) is 6.04 Å². The van der Waals surface area contributed by atoms with E-state index in [0.717, 1.165) is 19.5 Å². The number of amides is 2. The molecule has 2 atom stereocenters. The summed E-state index contributed by atoms with van der Waals surface area (Å²) in [5.74, 6) is -0.254. The lowest BCUT2D eigenvalue weighted by Crippen LogP contribution is -2.44. The molecule has 0 saturated carbocycles. The Morgan fingerprint density at radius 1 is 1.50 bits per heavy atom. The minimum Gasteiger partial charge on any atom is -0.351 e. The first-order valence-corrected chi connectivity index (χ1v) is 6.82. The van der Waals surface area contributed by atoms with Gasteiger partial charge in [-0.3, -0.25) is 14.3 Å². The first-order chi connectivity index (χ1) is 9.58. The topological polar surface area (TPSA) is 79.3 Å². The van der Waals surface area contributed by atoms with Gasteiger partial charge in [0, 0.05) is 32.0 Å². The molecule has 0 bridgehead atoms. The monoisotopic (exact) mass is 351 g/mol. The third-order valence-corrected chi connectivity index (χ3v) is 3.46. The van der Waals surface area contributed by atoms with Crippen LogP contribution in [0.25, 0.3) is 0 Å². The van der Waals surface area contributed by atoms with Gasteiger partial charge in [0.2, 0.25) is 11.8 Å². The second-order valence-electron chi connectivity index (χ2n) is 5.11. The second kappa shape index (κ2) is 9.66. The summed E-state index contributed by atoms with van der Waals surface area (Å²) in [6.07, 6.45) is 4.30. The van der Waals surface area contributed by atoms with E-state index >= 15 is 0 Å². The van der Waals surface area contributed by atoms with Crippen LogP contribution in [0.4, 0.5) is 0 Å². The minimum absolute atomic E-state index is 0. The first-order valence-electron chi connectivity index (χ1n) is 6.82. The molecule has 2 unspecified atom stereocenters. The fraction of sp³-hybridized carbons (Fsp3) is 0.615. The maximum absolute atomic E-state index is 12.2. The van der Waals surface area contributed by atoms with Gasteiger partial charge < -0.3 is 15.5 Å². The maximum atomic E-state index is 12.2. The number of likely N-dealkylation sites (N-methyl/N-ethyl adjacent to an activating group) is 1. The number of hydrogen-bond donors (Lipinski definition) is 2. The van der Waals surface area contributed by atoms with Crippen molar-refractivity contribution in [3.05, 3.63) is 18.5 Å². The summed E-state index contributed by atoms with van der Waals surface area (Å²) in [4.78, 5) is 25.5. The van der Waals surface area contributed by atoms with E-state index in [4.69, 9.17) is 0 Å². The molecule has 1 aliphatic heterocycles. The molecule has 2 amide bonds. The van der Waals surface area contributed by atoms with E-state index in [1.807, 2.05) is 0 Å². The molecule has 2 heterocycles. The fourth-order valence-electron chi connectivity index (χ4n) is 2.29. The van der Waals surface area contributed by atoms with E-state index in [9.17, 15) is 9.59 Å². The predicted molar refractivity (Wildman–Crippen MR) is 88.5 cm³/mol. The van der Waals surface area contributed by atoms with Gasteiger partial charge in [0.05, 0.1) is 6.54 Å². The standard InChI is InChI=1S/C13H21N5O2.2ClH/c1-10(18-7-3-5-15-18)13(20)17(2)9-12(19)16-11-4-6-14-8-11;;/h3,5,7,10-11,14H,4,6,8-9H2,1-2H3,(H,16,19);2*1H. The van der Waals surface area contributed by atoms with Crippen molar-refractivity contribution in [2.75, 3.05) is 26.7 Å². The van der Waals surface area contributed by atoms with E-state index in [1.54, 1.807) is 37.1 Å². The highest BCUT2D eigenvalue weighted by Gasteiger charge is 2.22. The number of nitrogens with zero attached hydrogens (tertiary/aromatic N) is 3. The summed E-state index contributed by atoms with van der Waals surface area (Å²) >= 11 is 0. The van der Waals surface area contributed by atoms with Gasteiger partial charge in [0.15, 0.2) is 0 Å². The smallest absolute Gasteiger partial charge is 0.247 e.